The lowest BCUT2D eigenvalue weighted by Crippen LogP contribution is -1.84. The molecule has 1 aromatic carbocycles. The molecule has 0 unspecified atom stereocenters. The lowest BCUT2D eigenvalue weighted by Gasteiger charge is -1.93. The van der Waals surface area contributed by atoms with Crippen LogP contribution in [0.2, 0.25) is 0 Å². The van der Waals surface area contributed by atoms with Gasteiger partial charge < -0.3 is 10.4 Å². The van der Waals surface area contributed by atoms with Crippen LogP contribution in [0.5, 0.6) is 0 Å². The summed E-state index contributed by atoms with van der Waals surface area (Å²) in [4.78, 5) is 0. The SMILES string of the molecule is [O-][N+]#CCc1ccc(CC#[N+][O-])cc1. The normalized spacial score (nSPS) is 8.00. The van der Waals surface area contributed by atoms with E-state index in [0.717, 1.165) is 11.1 Å². The Labute approximate surface area is 81.6 Å². The number of nitrogens with zero attached hydrogens (tertiary/aromatic N) is 2. The average molecular weight is 188 g/mol. The Morgan fingerprint density at radius 3 is 1.50 bits per heavy atom. The van der Waals surface area contributed by atoms with Crippen molar-refractivity contribution in [1.29, 1.82) is 0 Å². The summed E-state index contributed by atoms with van der Waals surface area (Å²) in [6, 6.07) is 12.0. The highest BCUT2D eigenvalue weighted by Crippen LogP contribution is 2.05. The number of hydrogen-bond donors (Lipinski definition) is 0. The van der Waals surface area contributed by atoms with Gasteiger partial charge in [0, 0.05) is 10.0 Å². The minimum Gasteiger partial charge on any atom is -0.498 e. The molecule has 1 rings (SSSR count). The summed E-state index contributed by atoms with van der Waals surface area (Å²) in [6.45, 7) is 0. The Bertz CT molecular complexity index is 363. The van der Waals surface area contributed by atoms with Crippen LogP contribution < -0.4 is 0 Å². The maximum Gasteiger partial charge on any atom is 0.303 e. The first-order valence-electron chi connectivity index (χ1n) is 4.05. The van der Waals surface area contributed by atoms with Gasteiger partial charge in [0.1, 0.15) is 12.8 Å². The lowest BCUT2D eigenvalue weighted by atomic mass is 10.1. The molecule has 0 aliphatic rings. The first kappa shape index (κ1) is 9.88. The van der Waals surface area contributed by atoms with E-state index in [-0.39, 0.29) is 0 Å². The highest BCUT2D eigenvalue weighted by atomic mass is 16.4. The van der Waals surface area contributed by atoms with Crippen molar-refractivity contribution in [3.05, 3.63) is 55.8 Å². The summed E-state index contributed by atoms with van der Waals surface area (Å²) in [5.41, 5.74) is 1.90. The van der Waals surface area contributed by atoms with Gasteiger partial charge in [0.15, 0.2) is 0 Å². The molecule has 0 spiro atoms. The van der Waals surface area contributed by atoms with Crippen LogP contribution >= 0.6 is 0 Å². The van der Waals surface area contributed by atoms with Crippen molar-refractivity contribution in [2.45, 2.75) is 12.8 Å². The van der Waals surface area contributed by atoms with Gasteiger partial charge in [-0.25, -0.2) is 0 Å². The molecule has 14 heavy (non-hydrogen) atoms. The first-order chi connectivity index (χ1) is 6.86. The van der Waals surface area contributed by atoms with Crippen LogP contribution in [-0.4, -0.2) is 0 Å². The van der Waals surface area contributed by atoms with Crippen LogP contribution in [0.25, 0.3) is 10.0 Å². The molecule has 0 aliphatic heterocycles. The molecule has 0 N–H and O–H groups in total. The van der Waals surface area contributed by atoms with Gasteiger partial charge in [-0.3, -0.25) is 0 Å². The topological polar surface area (TPSA) is 54.8 Å². The van der Waals surface area contributed by atoms with E-state index < -0.39 is 0 Å². The molecule has 0 bridgehead atoms. The Kier molecular flexibility index (Phi) is 3.85. The highest BCUT2D eigenvalue weighted by molar-refractivity contribution is 5.27. The van der Waals surface area contributed by atoms with Crippen molar-refractivity contribution in [1.82, 2.24) is 0 Å². The molecule has 0 radical (unpaired) electrons. The summed E-state index contributed by atoms with van der Waals surface area (Å²) in [7, 11) is 0. The summed E-state index contributed by atoms with van der Waals surface area (Å²) in [5.74, 6) is 0. The van der Waals surface area contributed by atoms with Gasteiger partial charge >= 0.3 is 12.1 Å². The zero-order valence-electron chi connectivity index (χ0n) is 7.43. The van der Waals surface area contributed by atoms with Gasteiger partial charge in [0.2, 0.25) is 0 Å². The minimum atomic E-state index is 0.406. The molecule has 0 heterocycles. The fraction of sp³-hybridized carbons (Fsp3) is 0.200. The molecule has 4 heteroatoms. The predicted molar refractivity (Wildman–Crippen MR) is 55.1 cm³/mol. The van der Waals surface area contributed by atoms with E-state index in [0.29, 0.717) is 12.8 Å². The van der Waals surface area contributed by atoms with Crippen LogP contribution in [0.3, 0.4) is 0 Å². The summed E-state index contributed by atoms with van der Waals surface area (Å²) in [5, 5.41) is 24.6. The van der Waals surface area contributed by atoms with Crippen molar-refractivity contribution in [2.75, 3.05) is 0 Å². The summed E-state index contributed by atoms with van der Waals surface area (Å²) in [6.07, 6.45) is 0.812. The quantitative estimate of drug-likeness (QED) is 0.669. The Balaban J connectivity index is 2.65. The van der Waals surface area contributed by atoms with E-state index in [1.807, 2.05) is 24.3 Å². The first-order valence-corrected chi connectivity index (χ1v) is 4.05. The number of rotatable bonds is 2. The fourth-order valence-electron chi connectivity index (χ4n) is 1.02. The molecule has 0 aromatic heterocycles. The highest BCUT2D eigenvalue weighted by Gasteiger charge is 1.96. The van der Waals surface area contributed by atoms with Gasteiger partial charge in [-0.15, -0.1) is 0 Å². The minimum absolute atomic E-state index is 0.406. The van der Waals surface area contributed by atoms with Gasteiger partial charge in [-0.05, 0) is 11.1 Å². The van der Waals surface area contributed by atoms with Crippen molar-refractivity contribution in [2.24, 2.45) is 0 Å². The van der Waals surface area contributed by atoms with E-state index >= 15 is 0 Å². The van der Waals surface area contributed by atoms with E-state index in [1.54, 1.807) is 0 Å². The molecule has 4 nitrogen and oxygen atoms in total. The molecular formula is C10H8N2O2. The average Bonchev–Trinajstić information content (AvgIpc) is 2.25. The Morgan fingerprint density at radius 2 is 1.21 bits per heavy atom. The summed E-state index contributed by atoms with van der Waals surface area (Å²) >= 11 is 0. The smallest absolute Gasteiger partial charge is 0.303 e. The van der Waals surface area contributed by atoms with Gasteiger partial charge in [-0.2, -0.15) is 0 Å². The van der Waals surface area contributed by atoms with Crippen LogP contribution in [0.4, 0.5) is 0 Å². The zero-order chi connectivity index (χ0) is 10.2. The van der Waals surface area contributed by atoms with E-state index in [1.165, 1.54) is 0 Å². The molecule has 0 saturated carbocycles. The Morgan fingerprint density at radius 1 is 0.857 bits per heavy atom. The molecular weight excluding hydrogens is 180 g/mol. The van der Waals surface area contributed by atoms with Crippen LogP contribution in [0, 0.1) is 22.6 Å². The Hall–Kier alpha value is -2.20. The van der Waals surface area contributed by atoms with E-state index in [4.69, 9.17) is 0 Å². The van der Waals surface area contributed by atoms with Gasteiger partial charge in [-0.1, -0.05) is 24.3 Å². The second kappa shape index (κ2) is 5.45. The fourth-order valence-corrected chi connectivity index (χ4v) is 1.02. The van der Waals surface area contributed by atoms with Crippen molar-refractivity contribution in [3.8, 4) is 12.1 Å². The molecule has 70 valence electrons. The van der Waals surface area contributed by atoms with Crippen LogP contribution in [0.15, 0.2) is 24.3 Å². The predicted octanol–water partition coefficient (Wildman–Crippen LogP) is 2.43. The molecule has 0 amide bonds. The molecule has 0 atom stereocenters. The second-order valence-corrected chi connectivity index (χ2v) is 2.67. The van der Waals surface area contributed by atoms with E-state index in [9.17, 15) is 10.4 Å². The van der Waals surface area contributed by atoms with Crippen LogP contribution in [0.1, 0.15) is 11.1 Å². The maximum atomic E-state index is 9.77. The standard InChI is InChI=1S/C10H8N2O2/c13-11-7-5-9-1-2-10(4-3-9)6-8-12-14/h1-4H,5-6H2. The zero-order valence-corrected chi connectivity index (χ0v) is 7.43. The molecule has 0 saturated heterocycles. The second-order valence-electron chi connectivity index (χ2n) is 2.67. The molecule has 0 fully saturated rings. The van der Waals surface area contributed by atoms with Crippen LogP contribution in [-0.2, 0) is 12.8 Å². The van der Waals surface area contributed by atoms with Crippen molar-refractivity contribution in [3.63, 3.8) is 0 Å². The molecule has 1 aromatic rings. The van der Waals surface area contributed by atoms with Gasteiger partial charge in [0.05, 0.1) is 0 Å². The largest absolute Gasteiger partial charge is 0.498 e. The van der Waals surface area contributed by atoms with Gasteiger partial charge in [0.25, 0.3) is 0 Å². The number of hydrogen-bond acceptors (Lipinski definition) is 2. The number of benzene rings is 1. The van der Waals surface area contributed by atoms with E-state index in [2.05, 4.69) is 22.2 Å². The third-order valence-electron chi connectivity index (χ3n) is 1.72. The molecule has 0 aliphatic carbocycles. The van der Waals surface area contributed by atoms with Crippen molar-refractivity contribution >= 4 is 0 Å². The summed E-state index contributed by atoms with van der Waals surface area (Å²) < 4.78 is 0. The third kappa shape index (κ3) is 3.04. The van der Waals surface area contributed by atoms with Crippen molar-refractivity contribution < 1.29 is 0 Å². The third-order valence-corrected chi connectivity index (χ3v) is 1.72. The maximum absolute atomic E-state index is 9.77. The monoisotopic (exact) mass is 188 g/mol. The lowest BCUT2D eigenvalue weighted by molar-refractivity contribution is 1.25.